The smallest absolute Gasteiger partial charge is 0.493 e. The fourth-order valence-corrected chi connectivity index (χ4v) is 5.48. The van der Waals surface area contributed by atoms with E-state index >= 15 is 0 Å². The van der Waals surface area contributed by atoms with Gasteiger partial charge in [0.15, 0.2) is 0 Å². The number of hydrogen-bond acceptors (Lipinski definition) is 4. The predicted molar refractivity (Wildman–Crippen MR) is 152 cm³/mol. The van der Waals surface area contributed by atoms with Crippen molar-refractivity contribution in [3.63, 3.8) is 0 Å². The highest BCUT2D eigenvalue weighted by Crippen LogP contribution is 2.47. The Hall–Kier alpha value is -3.31. The first kappa shape index (κ1) is 26.3. The van der Waals surface area contributed by atoms with Gasteiger partial charge < -0.3 is 19.9 Å². The van der Waals surface area contributed by atoms with Crippen molar-refractivity contribution >= 4 is 6.16 Å². The molecule has 0 aliphatic heterocycles. The molecule has 1 fully saturated rings. The highest BCUT2D eigenvalue weighted by Gasteiger charge is 2.37. The van der Waals surface area contributed by atoms with Gasteiger partial charge in [-0.2, -0.15) is 0 Å². The van der Waals surface area contributed by atoms with E-state index in [1.54, 1.807) is 12.1 Å². The van der Waals surface area contributed by atoms with Crippen molar-refractivity contribution in [2.24, 2.45) is 0 Å². The predicted octanol–water partition coefficient (Wildman–Crippen LogP) is 7.95. The van der Waals surface area contributed by atoms with Crippen molar-refractivity contribution in [2.45, 2.75) is 76.7 Å². The summed E-state index contributed by atoms with van der Waals surface area (Å²) in [6.45, 7) is 11.0. The lowest BCUT2D eigenvalue weighted by Crippen LogP contribution is -2.33. The van der Waals surface area contributed by atoms with Gasteiger partial charge in [0.2, 0.25) is 0 Å². The van der Waals surface area contributed by atoms with E-state index in [2.05, 4.69) is 69.4 Å². The summed E-state index contributed by atoms with van der Waals surface area (Å²) in [5.74, 6) is 1.19. The van der Waals surface area contributed by atoms with Gasteiger partial charge in [0.1, 0.15) is 11.5 Å². The number of hydrogen-bond donors (Lipinski definition) is 2. The molecule has 0 amide bonds. The van der Waals surface area contributed by atoms with Crippen molar-refractivity contribution in [3.05, 3.63) is 71.8 Å². The normalized spacial score (nSPS) is 17.5. The molecule has 0 unspecified atom stereocenters. The van der Waals surface area contributed by atoms with Crippen LogP contribution in [0.1, 0.15) is 70.9 Å². The summed E-state index contributed by atoms with van der Waals surface area (Å²) in [6, 6.07) is 21.1. The van der Waals surface area contributed by atoms with Gasteiger partial charge in [0.25, 0.3) is 0 Å². The molecule has 0 saturated heterocycles. The molecule has 2 aliphatic carbocycles. The van der Waals surface area contributed by atoms with E-state index in [1.165, 1.54) is 36.8 Å². The van der Waals surface area contributed by atoms with Gasteiger partial charge in [0.05, 0.1) is 6.61 Å². The van der Waals surface area contributed by atoms with E-state index < -0.39 is 6.16 Å². The van der Waals surface area contributed by atoms with E-state index in [9.17, 15) is 4.79 Å². The summed E-state index contributed by atoms with van der Waals surface area (Å²) >= 11 is 0. The molecule has 0 radical (unpaired) electrons. The lowest BCUT2D eigenvalue weighted by atomic mass is 9.63. The third-order valence-electron chi connectivity index (χ3n) is 8.13. The Bertz CT molecular complexity index is 1310. The summed E-state index contributed by atoms with van der Waals surface area (Å²) in [5.41, 5.74) is 7.42. The summed E-state index contributed by atoms with van der Waals surface area (Å²) in [5, 5.41) is 12.5. The number of nitrogens with one attached hydrogen (secondary N) is 1. The molecular weight excluding hydrogens is 474 g/mol. The first-order valence-electron chi connectivity index (χ1n) is 13.8. The van der Waals surface area contributed by atoms with Crippen LogP contribution in [-0.4, -0.2) is 30.5 Å². The Balaban J connectivity index is 1.48. The second kappa shape index (κ2) is 10.5. The number of rotatable bonds is 9. The Kier molecular flexibility index (Phi) is 7.23. The minimum absolute atomic E-state index is 0.119. The van der Waals surface area contributed by atoms with Crippen LogP contribution >= 0.6 is 0 Å². The molecule has 5 nitrogen and oxygen atoms in total. The molecule has 2 N–H and O–H groups in total. The van der Waals surface area contributed by atoms with Crippen LogP contribution in [0.5, 0.6) is 11.5 Å². The van der Waals surface area contributed by atoms with Gasteiger partial charge in [-0.25, -0.2) is 4.79 Å². The lowest BCUT2D eigenvalue weighted by molar-refractivity contribution is 0.144. The topological polar surface area (TPSA) is 67.8 Å². The van der Waals surface area contributed by atoms with Crippen molar-refractivity contribution in [1.82, 2.24) is 5.32 Å². The van der Waals surface area contributed by atoms with Crippen LogP contribution in [0.4, 0.5) is 4.79 Å². The van der Waals surface area contributed by atoms with Crippen LogP contribution in [0, 0.1) is 0 Å². The molecule has 5 heteroatoms. The van der Waals surface area contributed by atoms with Crippen LogP contribution in [0.15, 0.2) is 60.7 Å². The Morgan fingerprint density at radius 1 is 0.868 bits per heavy atom. The lowest BCUT2D eigenvalue weighted by Gasteiger charge is -2.42. The van der Waals surface area contributed by atoms with Gasteiger partial charge in [-0.3, -0.25) is 0 Å². The zero-order valence-electron chi connectivity index (χ0n) is 23.0. The van der Waals surface area contributed by atoms with E-state index in [4.69, 9.17) is 14.6 Å². The van der Waals surface area contributed by atoms with E-state index in [0.29, 0.717) is 18.4 Å². The fraction of sp³-hybridized carbons (Fsp3) is 0.424. The third kappa shape index (κ3) is 5.88. The van der Waals surface area contributed by atoms with Gasteiger partial charge in [0, 0.05) is 11.6 Å². The standard InChI is InChI=1S/C33H39NO4/c1-32(2)16-17-33(3,4)29-21-24(8-14-28(29)32)27-20-23(22-6-12-26(13-7-22)38-31(35)36)9-15-30(27)37-19-5-18-34-25-10-11-25/h6-9,12-15,20-21,25,34H,5,10-11,16-19H2,1-4H3,(H,35,36). The molecule has 0 aromatic heterocycles. The van der Waals surface area contributed by atoms with Crippen molar-refractivity contribution in [3.8, 4) is 33.8 Å². The molecule has 5 rings (SSSR count). The molecule has 1 saturated carbocycles. The van der Waals surface area contributed by atoms with Crippen LogP contribution in [0.2, 0.25) is 0 Å². The molecule has 0 bridgehead atoms. The fourth-order valence-electron chi connectivity index (χ4n) is 5.48. The second-order valence-electron chi connectivity index (χ2n) is 12.1. The molecule has 0 spiro atoms. The summed E-state index contributed by atoms with van der Waals surface area (Å²) < 4.78 is 11.1. The number of carbonyl (C=O) groups is 1. The number of fused-ring (bicyclic) bond motifs is 1. The molecule has 3 aromatic rings. The number of carboxylic acid groups (broad SMARTS) is 1. The third-order valence-corrected chi connectivity index (χ3v) is 8.13. The first-order chi connectivity index (χ1) is 18.1. The van der Waals surface area contributed by atoms with Gasteiger partial charge >= 0.3 is 6.16 Å². The summed E-state index contributed by atoms with van der Waals surface area (Å²) in [4.78, 5) is 10.9. The maximum atomic E-state index is 10.9. The summed E-state index contributed by atoms with van der Waals surface area (Å²) in [7, 11) is 0. The monoisotopic (exact) mass is 513 g/mol. The minimum Gasteiger partial charge on any atom is -0.493 e. The molecule has 0 atom stereocenters. The van der Waals surface area contributed by atoms with Crippen LogP contribution in [-0.2, 0) is 10.8 Å². The Labute approximate surface area is 226 Å². The average molecular weight is 514 g/mol. The molecular formula is C33H39NO4. The zero-order chi connectivity index (χ0) is 26.9. The van der Waals surface area contributed by atoms with E-state index in [1.807, 2.05) is 12.1 Å². The van der Waals surface area contributed by atoms with Crippen LogP contribution in [0.3, 0.4) is 0 Å². The maximum Gasteiger partial charge on any atom is 0.511 e. The van der Waals surface area contributed by atoms with E-state index in [-0.39, 0.29) is 10.8 Å². The molecule has 200 valence electrons. The Morgan fingerprint density at radius 3 is 2.21 bits per heavy atom. The minimum atomic E-state index is -1.31. The van der Waals surface area contributed by atoms with E-state index in [0.717, 1.165) is 41.0 Å². The summed E-state index contributed by atoms with van der Waals surface area (Å²) in [6.07, 6.45) is 4.59. The maximum absolute atomic E-state index is 10.9. The highest BCUT2D eigenvalue weighted by molar-refractivity contribution is 5.79. The van der Waals surface area contributed by atoms with Gasteiger partial charge in [-0.15, -0.1) is 0 Å². The van der Waals surface area contributed by atoms with Gasteiger partial charge in [-0.1, -0.05) is 64.1 Å². The van der Waals surface area contributed by atoms with Crippen molar-refractivity contribution in [2.75, 3.05) is 13.2 Å². The second-order valence-corrected chi connectivity index (χ2v) is 12.1. The quantitative estimate of drug-likeness (QED) is 0.173. The zero-order valence-corrected chi connectivity index (χ0v) is 23.0. The molecule has 2 aliphatic rings. The average Bonchev–Trinajstić information content (AvgIpc) is 3.71. The van der Waals surface area contributed by atoms with Gasteiger partial charge in [-0.05, 0) is 102 Å². The number of ether oxygens (including phenoxy) is 2. The Morgan fingerprint density at radius 2 is 1.53 bits per heavy atom. The molecule has 0 heterocycles. The molecule has 38 heavy (non-hydrogen) atoms. The SMILES string of the molecule is CC1(C)CCC(C)(C)c2cc(-c3cc(-c4ccc(OC(=O)O)cc4)ccc3OCCCNC3CC3)ccc21. The highest BCUT2D eigenvalue weighted by atomic mass is 16.7. The van der Waals surface area contributed by atoms with Crippen molar-refractivity contribution < 1.29 is 19.4 Å². The van der Waals surface area contributed by atoms with Crippen molar-refractivity contribution in [1.29, 1.82) is 0 Å². The van der Waals surface area contributed by atoms with Crippen LogP contribution < -0.4 is 14.8 Å². The molecule has 3 aromatic carbocycles. The van der Waals surface area contributed by atoms with Crippen LogP contribution in [0.25, 0.3) is 22.3 Å². The number of benzene rings is 3. The first-order valence-corrected chi connectivity index (χ1v) is 13.8. The largest absolute Gasteiger partial charge is 0.511 e.